The molecule has 0 unspecified atom stereocenters. The third-order valence-corrected chi connectivity index (χ3v) is 5.93. The number of carbonyl (C=O) groups excluding carboxylic acids is 1. The SMILES string of the molecule is C=C(/N=C(\C=C/C)C(=O)Nc1cnccc1N1CCNCC1)N1CC(n2nc(C)cc2C)C1. The van der Waals surface area contributed by atoms with Gasteiger partial charge in [0.2, 0.25) is 0 Å². The molecule has 4 rings (SSSR count). The van der Waals surface area contributed by atoms with Crippen LogP contribution < -0.4 is 15.5 Å². The van der Waals surface area contributed by atoms with Crippen LogP contribution in [-0.2, 0) is 4.79 Å². The Morgan fingerprint density at radius 2 is 2.06 bits per heavy atom. The van der Waals surface area contributed by atoms with E-state index in [1.807, 2.05) is 19.9 Å². The molecule has 2 aromatic rings. The Balaban J connectivity index is 1.44. The van der Waals surface area contributed by atoms with Gasteiger partial charge in [0.25, 0.3) is 5.91 Å². The first kappa shape index (κ1) is 22.7. The molecule has 174 valence electrons. The number of likely N-dealkylation sites (tertiary alicyclic amines) is 1. The maximum Gasteiger partial charge on any atom is 0.274 e. The van der Waals surface area contributed by atoms with Gasteiger partial charge in [-0.15, -0.1) is 0 Å². The molecular weight excluding hydrogens is 416 g/mol. The van der Waals surface area contributed by atoms with E-state index in [9.17, 15) is 4.79 Å². The van der Waals surface area contributed by atoms with Gasteiger partial charge in [-0.05, 0) is 39.0 Å². The van der Waals surface area contributed by atoms with Gasteiger partial charge in [-0.3, -0.25) is 14.5 Å². The highest BCUT2D eigenvalue weighted by molar-refractivity contribution is 6.47. The molecule has 2 aliphatic heterocycles. The standard InChI is InChI=1S/C24H32N8O/c1-5-6-21(27-19(4)31-15-20(16-31)32-18(3)13-17(2)29-32)24(33)28-22-14-26-8-7-23(22)30-11-9-25-10-12-30/h5-8,13-14,20,25H,4,9-12,15-16H2,1-3H3,(H,28,33)/b6-5-,27-21+. The number of hydrogen-bond donors (Lipinski definition) is 2. The molecule has 2 fully saturated rings. The van der Waals surface area contributed by atoms with Crippen molar-refractivity contribution in [2.75, 3.05) is 49.5 Å². The molecule has 1 amide bonds. The Labute approximate surface area is 194 Å². The topological polar surface area (TPSA) is 90.7 Å². The van der Waals surface area contributed by atoms with Crippen LogP contribution in [-0.4, -0.2) is 70.6 Å². The summed E-state index contributed by atoms with van der Waals surface area (Å²) in [5, 5.41) is 10.9. The van der Waals surface area contributed by atoms with Gasteiger partial charge < -0.3 is 20.4 Å². The quantitative estimate of drug-likeness (QED) is 0.632. The number of anilines is 2. The molecular formula is C24H32N8O. The molecule has 0 radical (unpaired) electrons. The van der Waals surface area contributed by atoms with Gasteiger partial charge in [0.05, 0.1) is 29.3 Å². The first-order chi connectivity index (χ1) is 16.0. The molecule has 0 aliphatic carbocycles. The number of aryl methyl sites for hydroxylation is 2. The van der Waals surface area contributed by atoms with Gasteiger partial charge in [-0.1, -0.05) is 12.7 Å². The first-order valence-electron chi connectivity index (χ1n) is 11.3. The minimum atomic E-state index is -0.283. The summed E-state index contributed by atoms with van der Waals surface area (Å²) in [6.45, 7) is 15.2. The Bertz CT molecular complexity index is 1070. The number of pyridine rings is 1. The molecule has 0 spiro atoms. The number of piperazine rings is 1. The number of amides is 1. The summed E-state index contributed by atoms with van der Waals surface area (Å²) in [7, 11) is 0. The van der Waals surface area contributed by atoms with Crippen molar-refractivity contribution in [3.8, 4) is 0 Å². The molecule has 0 atom stereocenters. The van der Waals surface area contributed by atoms with Crippen LogP contribution in [0.2, 0.25) is 0 Å². The van der Waals surface area contributed by atoms with Crippen molar-refractivity contribution < 1.29 is 4.79 Å². The predicted octanol–water partition coefficient (Wildman–Crippen LogP) is 2.29. The van der Waals surface area contributed by atoms with E-state index in [1.54, 1.807) is 24.5 Å². The van der Waals surface area contributed by atoms with E-state index in [2.05, 4.69) is 59.8 Å². The fraction of sp³-hybridized carbons (Fsp3) is 0.417. The van der Waals surface area contributed by atoms with Gasteiger partial charge in [0.1, 0.15) is 11.5 Å². The van der Waals surface area contributed by atoms with Crippen LogP contribution in [0, 0.1) is 13.8 Å². The summed E-state index contributed by atoms with van der Waals surface area (Å²) in [5.74, 6) is 0.291. The van der Waals surface area contributed by atoms with Crippen molar-refractivity contribution in [1.29, 1.82) is 0 Å². The highest BCUT2D eigenvalue weighted by Crippen LogP contribution is 2.27. The largest absolute Gasteiger partial charge is 0.367 e. The first-order valence-corrected chi connectivity index (χ1v) is 11.3. The van der Waals surface area contributed by atoms with Crippen molar-refractivity contribution in [2.24, 2.45) is 4.99 Å². The highest BCUT2D eigenvalue weighted by Gasteiger charge is 2.31. The molecule has 33 heavy (non-hydrogen) atoms. The normalized spacial score (nSPS) is 17.4. The lowest BCUT2D eigenvalue weighted by molar-refractivity contribution is -0.110. The molecule has 2 aliphatic rings. The van der Waals surface area contributed by atoms with E-state index in [-0.39, 0.29) is 5.91 Å². The lowest BCUT2D eigenvalue weighted by Gasteiger charge is -2.41. The van der Waals surface area contributed by atoms with E-state index >= 15 is 0 Å². The van der Waals surface area contributed by atoms with Crippen molar-refractivity contribution in [3.05, 3.63) is 60.5 Å². The van der Waals surface area contributed by atoms with Crippen molar-refractivity contribution in [1.82, 2.24) is 25.0 Å². The van der Waals surface area contributed by atoms with E-state index < -0.39 is 0 Å². The van der Waals surface area contributed by atoms with Gasteiger partial charge in [0, 0.05) is 51.2 Å². The van der Waals surface area contributed by atoms with Crippen LogP contribution in [0.15, 0.2) is 54.1 Å². The molecule has 9 heteroatoms. The average Bonchev–Trinajstić information content (AvgIpc) is 3.11. The summed E-state index contributed by atoms with van der Waals surface area (Å²) in [6, 6.07) is 4.31. The number of aliphatic imine (C=N–C) groups is 1. The number of nitrogens with one attached hydrogen (secondary N) is 2. The zero-order valence-electron chi connectivity index (χ0n) is 19.6. The van der Waals surface area contributed by atoms with E-state index in [0.717, 1.165) is 56.3 Å². The van der Waals surface area contributed by atoms with E-state index in [1.165, 1.54) is 0 Å². The molecule has 4 heterocycles. The summed E-state index contributed by atoms with van der Waals surface area (Å²) in [4.78, 5) is 26.2. The fourth-order valence-corrected chi connectivity index (χ4v) is 4.22. The number of nitrogens with zero attached hydrogens (tertiary/aromatic N) is 6. The number of carbonyl (C=O) groups is 1. The Morgan fingerprint density at radius 1 is 1.30 bits per heavy atom. The molecule has 0 aromatic carbocycles. The van der Waals surface area contributed by atoms with Crippen LogP contribution in [0.5, 0.6) is 0 Å². The molecule has 0 bridgehead atoms. The number of allylic oxidation sites excluding steroid dienone is 1. The summed E-state index contributed by atoms with van der Waals surface area (Å²) >= 11 is 0. The number of rotatable bonds is 7. The van der Waals surface area contributed by atoms with Crippen molar-refractivity contribution >= 4 is 23.0 Å². The smallest absolute Gasteiger partial charge is 0.274 e. The van der Waals surface area contributed by atoms with Gasteiger partial charge >= 0.3 is 0 Å². The highest BCUT2D eigenvalue weighted by atomic mass is 16.1. The second-order valence-corrected chi connectivity index (χ2v) is 8.43. The zero-order valence-corrected chi connectivity index (χ0v) is 19.6. The maximum atomic E-state index is 13.1. The molecule has 2 N–H and O–H groups in total. The summed E-state index contributed by atoms with van der Waals surface area (Å²) in [5.41, 5.74) is 4.13. The molecule has 2 saturated heterocycles. The molecule has 9 nitrogen and oxygen atoms in total. The van der Waals surface area contributed by atoms with Crippen LogP contribution in [0.1, 0.15) is 24.4 Å². The van der Waals surface area contributed by atoms with Crippen LogP contribution in [0.3, 0.4) is 0 Å². The van der Waals surface area contributed by atoms with Crippen LogP contribution in [0.25, 0.3) is 0 Å². The van der Waals surface area contributed by atoms with Gasteiger partial charge in [-0.2, -0.15) is 5.10 Å². The molecule has 2 aromatic heterocycles. The van der Waals surface area contributed by atoms with Crippen molar-refractivity contribution in [2.45, 2.75) is 26.8 Å². The van der Waals surface area contributed by atoms with Gasteiger partial charge in [0.15, 0.2) is 0 Å². The number of aromatic nitrogens is 3. The zero-order chi connectivity index (χ0) is 23.4. The van der Waals surface area contributed by atoms with Crippen molar-refractivity contribution in [3.63, 3.8) is 0 Å². The van der Waals surface area contributed by atoms with Crippen LogP contribution >= 0.6 is 0 Å². The fourth-order valence-electron chi connectivity index (χ4n) is 4.22. The monoisotopic (exact) mass is 448 g/mol. The van der Waals surface area contributed by atoms with E-state index in [0.29, 0.717) is 23.3 Å². The van der Waals surface area contributed by atoms with Gasteiger partial charge in [-0.25, -0.2) is 4.99 Å². The average molecular weight is 449 g/mol. The molecule has 0 saturated carbocycles. The Kier molecular flexibility index (Phi) is 6.88. The lowest BCUT2D eigenvalue weighted by Crippen LogP contribution is -2.47. The second kappa shape index (κ2) is 9.99. The maximum absolute atomic E-state index is 13.1. The lowest BCUT2D eigenvalue weighted by atomic mass is 10.1. The predicted molar refractivity (Wildman–Crippen MR) is 132 cm³/mol. The minimum Gasteiger partial charge on any atom is -0.367 e. The summed E-state index contributed by atoms with van der Waals surface area (Å²) in [6.07, 6.45) is 6.95. The second-order valence-electron chi connectivity index (χ2n) is 8.43. The number of hydrogen-bond acceptors (Lipinski definition) is 7. The van der Waals surface area contributed by atoms with E-state index in [4.69, 9.17) is 0 Å². The summed E-state index contributed by atoms with van der Waals surface area (Å²) < 4.78 is 2.06. The van der Waals surface area contributed by atoms with Crippen LogP contribution in [0.4, 0.5) is 11.4 Å². The third kappa shape index (κ3) is 5.14. The Hall–Kier alpha value is -3.46. The third-order valence-electron chi connectivity index (χ3n) is 5.93. The minimum absolute atomic E-state index is 0.283. The Morgan fingerprint density at radius 3 is 2.73 bits per heavy atom.